The number of thioether (sulfide) groups is 1. The van der Waals surface area contributed by atoms with Crippen LogP contribution in [0.4, 0.5) is 0 Å². The summed E-state index contributed by atoms with van der Waals surface area (Å²) in [4.78, 5) is 1.42. The maximum absolute atomic E-state index is 8.97. The van der Waals surface area contributed by atoms with Crippen LogP contribution in [-0.2, 0) is 0 Å². The van der Waals surface area contributed by atoms with Crippen molar-refractivity contribution in [3.05, 3.63) is 29.8 Å². The van der Waals surface area contributed by atoms with Crippen LogP contribution in [0.25, 0.3) is 0 Å². The molecule has 0 unspecified atom stereocenters. The van der Waals surface area contributed by atoms with E-state index in [0.29, 0.717) is 12.1 Å². The minimum absolute atomic E-state index is 0.261. The van der Waals surface area contributed by atoms with Crippen LogP contribution >= 0.6 is 11.8 Å². The molecule has 0 amide bonds. The smallest absolute Gasteiger partial charge is 0.0445 e. The number of rotatable bonds is 4. The Balaban J connectivity index is 2.11. The van der Waals surface area contributed by atoms with E-state index in [1.54, 1.807) is 0 Å². The molecule has 0 saturated heterocycles. The summed E-state index contributed by atoms with van der Waals surface area (Å²) in [6, 6.07) is 9.51. The van der Waals surface area contributed by atoms with Crippen LogP contribution in [0.15, 0.2) is 29.2 Å². The number of benzene rings is 1. The number of nitrogens with one attached hydrogen (secondary N) is 1. The second-order valence-electron chi connectivity index (χ2n) is 4.66. The molecule has 2 nitrogen and oxygen atoms in total. The average Bonchev–Trinajstić information content (AvgIpc) is 2.53. The SMILES string of the molecule is C[C@@H](CCO)N[C@@H]1CCCSc2ccccc21. The number of aliphatic hydroxyl groups is 1. The van der Waals surface area contributed by atoms with Gasteiger partial charge in [-0.2, -0.15) is 0 Å². The van der Waals surface area contributed by atoms with Crippen molar-refractivity contribution < 1.29 is 5.11 Å². The van der Waals surface area contributed by atoms with Crippen molar-refractivity contribution in [3.8, 4) is 0 Å². The molecule has 0 fully saturated rings. The molecule has 1 aromatic rings. The lowest BCUT2D eigenvalue weighted by Crippen LogP contribution is -2.31. The first kappa shape index (κ1) is 12.9. The lowest BCUT2D eigenvalue weighted by molar-refractivity contribution is 0.261. The number of aliphatic hydroxyl groups excluding tert-OH is 1. The molecule has 3 heteroatoms. The van der Waals surface area contributed by atoms with Gasteiger partial charge in [-0.1, -0.05) is 18.2 Å². The molecular weight excluding hydrogens is 230 g/mol. The first-order chi connectivity index (χ1) is 8.31. The Morgan fingerprint density at radius 2 is 2.29 bits per heavy atom. The second-order valence-corrected chi connectivity index (χ2v) is 5.80. The maximum atomic E-state index is 8.97. The molecule has 0 aliphatic carbocycles. The standard InChI is InChI=1S/C14H21NOS/c1-11(8-9-16)15-13-6-4-10-17-14-7-3-2-5-12(13)14/h2-3,5,7,11,13,15-16H,4,6,8-10H2,1H3/t11-,13+/m0/s1. The molecule has 0 radical (unpaired) electrons. The van der Waals surface area contributed by atoms with Gasteiger partial charge in [0.15, 0.2) is 0 Å². The highest BCUT2D eigenvalue weighted by molar-refractivity contribution is 7.99. The van der Waals surface area contributed by atoms with Crippen molar-refractivity contribution in [1.29, 1.82) is 0 Å². The van der Waals surface area contributed by atoms with Crippen molar-refractivity contribution in [2.24, 2.45) is 0 Å². The molecular formula is C14H21NOS. The summed E-state index contributed by atoms with van der Waals surface area (Å²) in [5.41, 5.74) is 1.43. The van der Waals surface area contributed by atoms with Crippen molar-refractivity contribution in [3.63, 3.8) is 0 Å². The van der Waals surface area contributed by atoms with Crippen LogP contribution in [0.2, 0.25) is 0 Å². The Morgan fingerprint density at radius 1 is 1.47 bits per heavy atom. The fourth-order valence-corrected chi connectivity index (χ4v) is 3.40. The summed E-state index contributed by atoms with van der Waals surface area (Å²) >= 11 is 1.96. The van der Waals surface area contributed by atoms with E-state index in [4.69, 9.17) is 5.11 Å². The van der Waals surface area contributed by atoms with E-state index in [2.05, 4.69) is 36.5 Å². The molecule has 1 aliphatic heterocycles. The largest absolute Gasteiger partial charge is 0.396 e. The molecule has 1 heterocycles. The lowest BCUT2D eigenvalue weighted by atomic mass is 10.0. The molecule has 1 aromatic carbocycles. The molecule has 2 rings (SSSR count). The molecule has 0 spiro atoms. The van der Waals surface area contributed by atoms with Gasteiger partial charge in [0, 0.05) is 23.6 Å². The summed E-state index contributed by atoms with van der Waals surface area (Å²) in [5.74, 6) is 1.21. The normalized spacial score (nSPS) is 21.6. The van der Waals surface area contributed by atoms with Gasteiger partial charge in [-0.15, -0.1) is 11.8 Å². The van der Waals surface area contributed by atoms with E-state index in [-0.39, 0.29) is 6.61 Å². The topological polar surface area (TPSA) is 32.3 Å². The van der Waals surface area contributed by atoms with Crippen molar-refractivity contribution >= 4 is 11.8 Å². The first-order valence-electron chi connectivity index (χ1n) is 6.40. The fraction of sp³-hybridized carbons (Fsp3) is 0.571. The quantitative estimate of drug-likeness (QED) is 0.863. The monoisotopic (exact) mass is 251 g/mol. The predicted octanol–water partition coefficient (Wildman–Crippen LogP) is 2.97. The number of hydrogen-bond acceptors (Lipinski definition) is 3. The Bertz CT molecular complexity index is 356. The summed E-state index contributed by atoms with van der Waals surface area (Å²) in [5, 5.41) is 12.6. The van der Waals surface area contributed by atoms with Crippen LogP contribution < -0.4 is 5.32 Å². The summed E-state index contributed by atoms with van der Waals surface area (Å²) in [6.07, 6.45) is 3.27. The van der Waals surface area contributed by atoms with Gasteiger partial charge in [0.2, 0.25) is 0 Å². The fourth-order valence-electron chi connectivity index (χ4n) is 2.32. The molecule has 0 saturated carbocycles. The molecule has 0 bridgehead atoms. The number of fused-ring (bicyclic) bond motifs is 1. The van der Waals surface area contributed by atoms with Gasteiger partial charge in [-0.25, -0.2) is 0 Å². The highest BCUT2D eigenvalue weighted by atomic mass is 32.2. The van der Waals surface area contributed by atoms with Crippen molar-refractivity contribution in [2.75, 3.05) is 12.4 Å². The predicted molar refractivity (Wildman–Crippen MR) is 73.4 cm³/mol. The van der Waals surface area contributed by atoms with E-state index in [1.165, 1.54) is 29.1 Å². The zero-order valence-electron chi connectivity index (χ0n) is 10.4. The first-order valence-corrected chi connectivity index (χ1v) is 7.38. The third kappa shape index (κ3) is 3.47. The minimum atomic E-state index is 0.261. The van der Waals surface area contributed by atoms with Gasteiger partial charge in [-0.3, -0.25) is 0 Å². The van der Waals surface area contributed by atoms with Crippen LogP contribution in [0.5, 0.6) is 0 Å². The van der Waals surface area contributed by atoms with Gasteiger partial charge in [-0.05, 0) is 43.6 Å². The Kier molecular flexibility index (Phi) is 4.89. The molecule has 1 aliphatic rings. The van der Waals surface area contributed by atoms with Crippen LogP contribution in [0.1, 0.15) is 37.8 Å². The number of hydrogen-bond donors (Lipinski definition) is 2. The zero-order chi connectivity index (χ0) is 12.1. The van der Waals surface area contributed by atoms with E-state index in [9.17, 15) is 0 Å². The zero-order valence-corrected chi connectivity index (χ0v) is 11.2. The van der Waals surface area contributed by atoms with Crippen LogP contribution in [0.3, 0.4) is 0 Å². The Labute approximate surface area is 108 Å². The third-order valence-electron chi connectivity index (χ3n) is 3.24. The molecule has 2 N–H and O–H groups in total. The molecule has 2 atom stereocenters. The minimum Gasteiger partial charge on any atom is -0.396 e. The van der Waals surface area contributed by atoms with Crippen molar-refractivity contribution in [1.82, 2.24) is 5.32 Å². The van der Waals surface area contributed by atoms with Gasteiger partial charge >= 0.3 is 0 Å². The van der Waals surface area contributed by atoms with Gasteiger partial charge in [0.1, 0.15) is 0 Å². The van der Waals surface area contributed by atoms with E-state index in [1.807, 2.05) is 11.8 Å². The Hall–Kier alpha value is -0.510. The highest BCUT2D eigenvalue weighted by Gasteiger charge is 2.19. The second kappa shape index (κ2) is 6.43. The molecule has 94 valence electrons. The lowest BCUT2D eigenvalue weighted by Gasteiger charge is -2.23. The van der Waals surface area contributed by atoms with Crippen LogP contribution in [0, 0.1) is 0 Å². The molecule has 17 heavy (non-hydrogen) atoms. The Morgan fingerprint density at radius 3 is 3.12 bits per heavy atom. The highest BCUT2D eigenvalue weighted by Crippen LogP contribution is 2.34. The third-order valence-corrected chi connectivity index (χ3v) is 4.41. The molecule has 0 aromatic heterocycles. The van der Waals surface area contributed by atoms with E-state index >= 15 is 0 Å². The van der Waals surface area contributed by atoms with Crippen LogP contribution in [-0.4, -0.2) is 23.5 Å². The summed E-state index contributed by atoms with van der Waals surface area (Å²) in [6.45, 7) is 2.41. The van der Waals surface area contributed by atoms with Crippen molar-refractivity contribution in [2.45, 2.75) is 43.2 Å². The van der Waals surface area contributed by atoms with Gasteiger partial charge in [0.25, 0.3) is 0 Å². The van der Waals surface area contributed by atoms with E-state index in [0.717, 1.165) is 6.42 Å². The van der Waals surface area contributed by atoms with Gasteiger partial charge < -0.3 is 10.4 Å². The maximum Gasteiger partial charge on any atom is 0.0445 e. The average molecular weight is 251 g/mol. The van der Waals surface area contributed by atoms with Gasteiger partial charge in [0.05, 0.1) is 0 Å². The summed E-state index contributed by atoms with van der Waals surface area (Å²) < 4.78 is 0. The summed E-state index contributed by atoms with van der Waals surface area (Å²) in [7, 11) is 0. The van der Waals surface area contributed by atoms with E-state index < -0.39 is 0 Å².